The van der Waals surface area contributed by atoms with Crippen molar-refractivity contribution in [3.63, 3.8) is 0 Å². The molecule has 2 atom stereocenters. The lowest BCUT2D eigenvalue weighted by Gasteiger charge is -2.31. The molecule has 1 saturated carbocycles. The molecule has 2 unspecified atom stereocenters. The first kappa shape index (κ1) is 22.6. The number of aliphatic hydroxyl groups excluding tert-OH is 2. The van der Waals surface area contributed by atoms with Crippen LogP contribution in [0.1, 0.15) is 32.3 Å². The third-order valence-corrected chi connectivity index (χ3v) is 5.36. The molecule has 1 aromatic rings. The molecule has 0 bridgehead atoms. The number of hydrogen-bond acceptors (Lipinski definition) is 7. The van der Waals surface area contributed by atoms with Gasteiger partial charge in [0.05, 0.1) is 18.1 Å². The van der Waals surface area contributed by atoms with Crippen LogP contribution in [0.15, 0.2) is 18.2 Å². The summed E-state index contributed by atoms with van der Waals surface area (Å²) in [5.74, 6) is -1.29. The largest absolute Gasteiger partial charge is 0.586 e. The van der Waals surface area contributed by atoms with E-state index < -0.39 is 47.0 Å². The van der Waals surface area contributed by atoms with Gasteiger partial charge in [0.2, 0.25) is 11.8 Å². The van der Waals surface area contributed by atoms with Crippen LogP contribution in [0.25, 0.3) is 0 Å². The lowest BCUT2D eigenvalue weighted by Crippen LogP contribution is -2.58. The minimum Gasteiger partial charge on any atom is -0.395 e. The molecule has 1 aromatic carbocycles. The summed E-state index contributed by atoms with van der Waals surface area (Å²) < 4.78 is 34.5. The topological polar surface area (TPSA) is 117 Å². The summed E-state index contributed by atoms with van der Waals surface area (Å²) in [6.07, 6.45) is -3.94. The Morgan fingerprint density at radius 2 is 1.90 bits per heavy atom. The standard InChI is InChI=1S/C19H24F2N2O6S/c1-17(2,30)14(15(26)22-8-11(25)9-24)23-16(27)18(5-6-18)10-3-4-12-13(7-10)29-19(20,21)28-12/h3-4,7,11,14,24-25,30H,5-6,8-9H2,1-2H3,(H,22,26)(H,23,27). The van der Waals surface area contributed by atoms with Crippen molar-refractivity contribution in [1.29, 1.82) is 0 Å². The van der Waals surface area contributed by atoms with Crippen LogP contribution in [-0.2, 0) is 15.0 Å². The molecule has 4 N–H and O–H groups in total. The number of thiol groups is 1. The summed E-state index contributed by atoms with van der Waals surface area (Å²) >= 11 is 4.40. The maximum atomic E-state index is 13.3. The van der Waals surface area contributed by atoms with Crippen LogP contribution in [-0.4, -0.2) is 58.4 Å². The molecule has 1 aliphatic carbocycles. The van der Waals surface area contributed by atoms with Crippen molar-refractivity contribution in [2.75, 3.05) is 13.2 Å². The fraction of sp³-hybridized carbons (Fsp3) is 0.579. The van der Waals surface area contributed by atoms with E-state index >= 15 is 0 Å². The Bertz CT molecular complexity index is 841. The highest BCUT2D eigenvalue weighted by atomic mass is 32.1. The van der Waals surface area contributed by atoms with Crippen LogP contribution in [0.5, 0.6) is 11.5 Å². The Hall–Kier alpha value is -2.11. The molecule has 3 rings (SSSR count). The lowest BCUT2D eigenvalue weighted by molar-refractivity contribution is -0.286. The van der Waals surface area contributed by atoms with Crippen LogP contribution >= 0.6 is 12.6 Å². The molecule has 166 valence electrons. The Labute approximate surface area is 177 Å². The molecule has 30 heavy (non-hydrogen) atoms. The first-order chi connectivity index (χ1) is 13.9. The van der Waals surface area contributed by atoms with Crippen molar-refractivity contribution in [3.8, 4) is 11.5 Å². The fourth-order valence-electron chi connectivity index (χ4n) is 3.24. The summed E-state index contributed by atoms with van der Waals surface area (Å²) in [6.45, 7) is 2.58. The van der Waals surface area contributed by atoms with Crippen LogP contribution < -0.4 is 20.1 Å². The average molecular weight is 446 g/mol. The Kier molecular flexibility index (Phi) is 5.91. The summed E-state index contributed by atoms with van der Waals surface area (Å²) in [6, 6.07) is 3.15. The summed E-state index contributed by atoms with van der Waals surface area (Å²) in [5.41, 5.74) is -0.495. The number of ether oxygens (including phenoxy) is 2. The van der Waals surface area contributed by atoms with E-state index in [2.05, 4.69) is 32.7 Å². The predicted octanol–water partition coefficient (Wildman–Crippen LogP) is 0.702. The van der Waals surface area contributed by atoms with Gasteiger partial charge in [-0.1, -0.05) is 6.07 Å². The molecule has 1 fully saturated rings. The van der Waals surface area contributed by atoms with Crippen molar-refractivity contribution in [2.24, 2.45) is 0 Å². The van der Waals surface area contributed by atoms with Crippen LogP contribution in [0.4, 0.5) is 8.78 Å². The highest BCUT2D eigenvalue weighted by molar-refractivity contribution is 7.81. The molecule has 2 amide bonds. The van der Waals surface area contributed by atoms with Gasteiger partial charge in [-0.2, -0.15) is 12.6 Å². The van der Waals surface area contributed by atoms with Gasteiger partial charge in [0.1, 0.15) is 6.04 Å². The normalized spacial score (nSPS) is 20.2. The van der Waals surface area contributed by atoms with E-state index in [1.54, 1.807) is 13.8 Å². The van der Waals surface area contributed by atoms with Gasteiger partial charge in [-0.3, -0.25) is 9.59 Å². The molecule has 1 aliphatic heterocycles. The summed E-state index contributed by atoms with van der Waals surface area (Å²) in [4.78, 5) is 25.6. The Morgan fingerprint density at radius 3 is 2.47 bits per heavy atom. The van der Waals surface area contributed by atoms with Crippen LogP contribution in [0.3, 0.4) is 0 Å². The van der Waals surface area contributed by atoms with Crippen LogP contribution in [0, 0.1) is 0 Å². The first-order valence-electron chi connectivity index (χ1n) is 9.38. The molecule has 0 radical (unpaired) electrons. The number of nitrogens with one attached hydrogen (secondary N) is 2. The summed E-state index contributed by atoms with van der Waals surface area (Å²) in [7, 11) is 0. The molecule has 0 aromatic heterocycles. The van der Waals surface area contributed by atoms with E-state index in [0.717, 1.165) is 0 Å². The number of hydrogen-bond donors (Lipinski definition) is 5. The predicted molar refractivity (Wildman–Crippen MR) is 105 cm³/mol. The number of alkyl halides is 2. The van der Waals surface area contributed by atoms with Crippen molar-refractivity contribution >= 4 is 24.4 Å². The van der Waals surface area contributed by atoms with E-state index in [1.165, 1.54) is 18.2 Å². The number of halogens is 2. The maximum absolute atomic E-state index is 13.3. The minimum absolute atomic E-state index is 0.115. The smallest absolute Gasteiger partial charge is 0.395 e. The van der Waals surface area contributed by atoms with Crippen molar-refractivity contribution in [3.05, 3.63) is 23.8 Å². The van der Waals surface area contributed by atoms with E-state index in [-0.39, 0.29) is 18.0 Å². The first-order valence-corrected chi connectivity index (χ1v) is 9.83. The number of carbonyl (C=O) groups is 2. The molecule has 2 aliphatic rings. The molecule has 1 heterocycles. The van der Waals surface area contributed by atoms with Gasteiger partial charge in [-0.05, 0) is 44.4 Å². The lowest BCUT2D eigenvalue weighted by atomic mass is 9.93. The van der Waals surface area contributed by atoms with Gasteiger partial charge in [0.25, 0.3) is 0 Å². The maximum Gasteiger partial charge on any atom is 0.586 e. The average Bonchev–Trinajstić information content (AvgIpc) is 3.39. The van der Waals surface area contributed by atoms with Gasteiger partial charge < -0.3 is 30.3 Å². The third kappa shape index (κ3) is 4.62. The van der Waals surface area contributed by atoms with Gasteiger partial charge in [0, 0.05) is 11.3 Å². The second kappa shape index (κ2) is 7.86. The highest BCUT2D eigenvalue weighted by Gasteiger charge is 2.54. The van der Waals surface area contributed by atoms with Crippen LogP contribution in [0.2, 0.25) is 0 Å². The zero-order valence-corrected chi connectivity index (χ0v) is 17.3. The second-order valence-electron chi connectivity index (χ2n) is 8.05. The Balaban J connectivity index is 1.75. The van der Waals surface area contributed by atoms with Gasteiger partial charge in [-0.25, -0.2) is 0 Å². The second-order valence-corrected chi connectivity index (χ2v) is 9.21. The molecule has 0 spiro atoms. The van der Waals surface area contributed by atoms with E-state index in [9.17, 15) is 23.5 Å². The molecular formula is C19H24F2N2O6S. The number of amides is 2. The van der Waals surface area contributed by atoms with E-state index in [1.807, 2.05) is 0 Å². The summed E-state index contributed by atoms with van der Waals surface area (Å²) in [5, 5.41) is 23.5. The van der Waals surface area contributed by atoms with Gasteiger partial charge in [0.15, 0.2) is 11.5 Å². The third-order valence-electron chi connectivity index (χ3n) is 5.11. The molecule has 8 nitrogen and oxygen atoms in total. The number of rotatable bonds is 8. The number of benzene rings is 1. The van der Waals surface area contributed by atoms with E-state index in [0.29, 0.717) is 18.4 Å². The molecular weight excluding hydrogens is 422 g/mol. The fourth-order valence-corrected chi connectivity index (χ4v) is 3.42. The Morgan fingerprint density at radius 1 is 1.27 bits per heavy atom. The molecule has 0 saturated heterocycles. The van der Waals surface area contributed by atoms with Gasteiger partial charge in [-0.15, -0.1) is 8.78 Å². The highest BCUT2D eigenvalue weighted by Crippen LogP contribution is 2.52. The molecule has 11 heteroatoms. The number of fused-ring (bicyclic) bond motifs is 1. The number of carbonyl (C=O) groups excluding carboxylic acids is 2. The zero-order chi connectivity index (χ0) is 22.3. The monoisotopic (exact) mass is 446 g/mol. The minimum atomic E-state index is -3.75. The quantitative estimate of drug-likeness (QED) is 0.376. The zero-order valence-electron chi connectivity index (χ0n) is 16.4. The van der Waals surface area contributed by atoms with Crippen molar-refractivity contribution < 1.29 is 38.1 Å². The van der Waals surface area contributed by atoms with Gasteiger partial charge >= 0.3 is 6.29 Å². The number of aliphatic hydroxyl groups is 2. The SMILES string of the molecule is CC(C)(S)C(NC(=O)C1(c2ccc3c(c2)OC(F)(F)O3)CC1)C(=O)NCC(O)CO. The van der Waals surface area contributed by atoms with Crippen molar-refractivity contribution in [2.45, 2.75) is 55.3 Å². The van der Waals surface area contributed by atoms with E-state index in [4.69, 9.17) is 5.11 Å². The van der Waals surface area contributed by atoms with Crippen molar-refractivity contribution in [1.82, 2.24) is 10.6 Å².